The van der Waals surface area contributed by atoms with E-state index in [-0.39, 0.29) is 5.97 Å². The summed E-state index contributed by atoms with van der Waals surface area (Å²) in [4.78, 5) is 11.5. The fourth-order valence-electron chi connectivity index (χ4n) is 3.35. The zero-order valence-corrected chi connectivity index (χ0v) is 14.1. The van der Waals surface area contributed by atoms with Gasteiger partial charge >= 0.3 is 5.97 Å². The van der Waals surface area contributed by atoms with Gasteiger partial charge in [-0.2, -0.15) is 0 Å². The lowest BCUT2D eigenvalue weighted by molar-refractivity contribution is 0.0601. The van der Waals surface area contributed by atoms with Gasteiger partial charge in [0.05, 0.1) is 12.7 Å². The van der Waals surface area contributed by atoms with Crippen molar-refractivity contribution in [2.45, 2.75) is 13.0 Å². The fraction of sp³-hybridized carbons (Fsp3) is 0.136. The van der Waals surface area contributed by atoms with Crippen molar-refractivity contribution in [1.29, 1.82) is 0 Å². The summed E-state index contributed by atoms with van der Waals surface area (Å²) in [6, 6.07) is 22.6. The monoisotopic (exact) mass is 329 g/mol. The van der Waals surface area contributed by atoms with Crippen molar-refractivity contribution < 1.29 is 9.53 Å². The summed E-state index contributed by atoms with van der Waals surface area (Å²) in [6.45, 7) is 0.751. The average Bonchev–Trinajstić information content (AvgIpc) is 3.04. The molecule has 4 rings (SSSR count). The van der Waals surface area contributed by atoms with Gasteiger partial charge in [0.1, 0.15) is 0 Å². The largest absolute Gasteiger partial charge is 0.465 e. The Bertz CT molecular complexity index is 929. The minimum absolute atomic E-state index is 0.315. The fourth-order valence-corrected chi connectivity index (χ4v) is 3.35. The number of hydrogen-bond acceptors (Lipinski definition) is 3. The van der Waals surface area contributed by atoms with Crippen molar-refractivity contribution in [2.75, 3.05) is 12.4 Å². The van der Waals surface area contributed by atoms with Crippen LogP contribution >= 0.6 is 0 Å². The average molecular weight is 329 g/mol. The standard InChI is InChI=1S/C22H19NO2/c1-25-22(24)16-7-9-19(10-8-16)23-14-15-6-11-21-18(12-15)13-17-4-2-3-5-20(17)21/h2-12,23H,13-14H2,1H3. The highest BCUT2D eigenvalue weighted by Gasteiger charge is 2.17. The topological polar surface area (TPSA) is 38.3 Å². The Morgan fingerprint density at radius 3 is 2.52 bits per heavy atom. The van der Waals surface area contributed by atoms with Crippen LogP contribution in [0.25, 0.3) is 11.1 Å². The number of esters is 1. The highest BCUT2D eigenvalue weighted by atomic mass is 16.5. The van der Waals surface area contributed by atoms with Gasteiger partial charge < -0.3 is 10.1 Å². The first-order chi connectivity index (χ1) is 12.2. The maximum atomic E-state index is 11.5. The summed E-state index contributed by atoms with van der Waals surface area (Å²) in [5.74, 6) is -0.315. The molecule has 0 saturated heterocycles. The number of ether oxygens (including phenoxy) is 1. The van der Waals surface area contributed by atoms with Crippen LogP contribution in [-0.2, 0) is 17.7 Å². The van der Waals surface area contributed by atoms with E-state index in [0.717, 1.165) is 18.7 Å². The number of benzene rings is 3. The van der Waals surface area contributed by atoms with Crippen LogP contribution in [0.15, 0.2) is 66.7 Å². The number of methoxy groups -OCH3 is 1. The van der Waals surface area contributed by atoms with E-state index in [9.17, 15) is 4.79 Å². The van der Waals surface area contributed by atoms with Gasteiger partial charge in [0, 0.05) is 12.2 Å². The molecule has 0 bridgehead atoms. The van der Waals surface area contributed by atoms with Gasteiger partial charge in [-0.3, -0.25) is 0 Å². The van der Waals surface area contributed by atoms with Gasteiger partial charge in [0.2, 0.25) is 0 Å². The van der Waals surface area contributed by atoms with Crippen molar-refractivity contribution >= 4 is 11.7 Å². The number of carbonyl (C=O) groups is 1. The normalized spacial score (nSPS) is 11.6. The molecule has 124 valence electrons. The first-order valence-corrected chi connectivity index (χ1v) is 8.37. The summed E-state index contributed by atoms with van der Waals surface area (Å²) in [7, 11) is 1.39. The number of hydrogen-bond donors (Lipinski definition) is 1. The SMILES string of the molecule is COC(=O)c1ccc(NCc2ccc3c(c2)Cc2ccccc2-3)cc1. The second-order valence-corrected chi connectivity index (χ2v) is 6.25. The molecule has 3 aromatic carbocycles. The lowest BCUT2D eigenvalue weighted by atomic mass is 10.0. The Labute approximate surface area is 147 Å². The molecule has 0 spiro atoms. The quantitative estimate of drug-likeness (QED) is 0.554. The minimum Gasteiger partial charge on any atom is -0.465 e. The highest BCUT2D eigenvalue weighted by molar-refractivity contribution is 5.89. The van der Waals surface area contributed by atoms with Crippen molar-refractivity contribution in [2.24, 2.45) is 0 Å². The second-order valence-electron chi connectivity index (χ2n) is 6.25. The molecular formula is C22H19NO2. The van der Waals surface area contributed by atoms with Gasteiger partial charge in [-0.05, 0) is 58.5 Å². The van der Waals surface area contributed by atoms with E-state index in [1.165, 1.54) is 34.9 Å². The van der Waals surface area contributed by atoms with E-state index in [1.807, 2.05) is 12.1 Å². The third kappa shape index (κ3) is 3.01. The van der Waals surface area contributed by atoms with Gasteiger partial charge in [0.15, 0.2) is 0 Å². The smallest absolute Gasteiger partial charge is 0.337 e. The summed E-state index contributed by atoms with van der Waals surface area (Å²) >= 11 is 0. The van der Waals surface area contributed by atoms with Crippen LogP contribution < -0.4 is 5.32 Å². The predicted molar refractivity (Wildman–Crippen MR) is 99.8 cm³/mol. The van der Waals surface area contributed by atoms with Crippen molar-refractivity contribution in [3.8, 4) is 11.1 Å². The zero-order chi connectivity index (χ0) is 17.2. The molecule has 0 aromatic heterocycles. The number of anilines is 1. The van der Waals surface area contributed by atoms with Crippen LogP contribution in [0.4, 0.5) is 5.69 Å². The molecule has 1 aliphatic rings. The Balaban J connectivity index is 1.46. The Morgan fingerprint density at radius 2 is 1.72 bits per heavy atom. The second kappa shape index (κ2) is 6.44. The van der Waals surface area contributed by atoms with E-state index in [4.69, 9.17) is 4.74 Å². The molecule has 3 nitrogen and oxygen atoms in total. The molecule has 1 aliphatic carbocycles. The van der Waals surface area contributed by atoms with E-state index < -0.39 is 0 Å². The first kappa shape index (κ1) is 15.5. The molecule has 0 heterocycles. The number of fused-ring (bicyclic) bond motifs is 3. The number of carbonyl (C=O) groups excluding carboxylic acids is 1. The van der Waals surface area contributed by atoms with Gasteiger partial charge in [0.25, 0.3) is 0 Å². The molecule has 0 atom stereocenters. The number of rotatable bonds is 4. The minimum atomic E-state index is -0.315. The van der Waals surface area contributed by atoms with Crippen LogP contribution in [0.5, 0.6) is 0 Å². The van der Waals surface area contributed by atoms with Crippen LogP contribution in [0.2, 0.25) is 0 Å². The molecule has 3 aromatic rings. The summed E-state index contributed by atoms with van der Waals surface area (Å²) in [5, 5.41) is 3.41. The summed E-state index contributed by atoms with van der Waals surface area (Å²) in [5.41, 5.74) is 8.29. The van der Waals surface area contributed by atoms with Crippen LogP contribution in [0.1, 0.15) is 27.0 Å². The molecule has 0 unspecified atom stereocenters. The maximum Gasteiger partial charge on any atom is 0.337 e. The molecule has 0 saturated carbocycles. The van der Waals surface area contributed by atoms with E-state index in [2.05, 4.69) is 47.8 Å². The van der Waals surface area contributed by atoms with Crippen LogP contribution in [0.3, 0.4) is 0 Å². The van der Waals surface area contributed by atoms with E-state index in [0.29, 0.717) is 5.56 Å². The molecule has 25 heavy (non-hydrogen) atoms. The Hall–Kier alpha value is -3.07. The molecule has 0 radical (unpaired) electrons. The van der Waals surface area contributed by atoms with Gasteiger partial charge in [-0.1, -0.05) is 42.5 Å². The summed E-state index contributed by atoms with van der Waals surface area (Å²) < 4.78 is 4.72. The van der Waals surface area contributed by atoms with Crippen LogP contribution in [-0.4, -0.2) is 13.1 Å². The van der Waals surface area contributed by atoms with Gasteiger partial charge in [-0.25, -0.2) is 4.79 Å². The van der Waals surface area contributed by atoms with Crippen molar-refractivity contribution in [1.82, 2.24) is 0 Å². The summed E-state index contributed by atoms with van der Waals surface area (Å²) in [6.07, 6.45) is 1.01. The van der Waals surface area contributed by atoms with Crippen molar-refractivity contribution in [3.63, 3.8) is 0 Å². The third-order valence-electron chi connectivity index (χ3n) is 4.66. The first-order valence-electron chi connectivity index (χ1n) is 8.37. The lowest BCUT2D eigenvalue weighted by Crippen LogP contribution is -2.03. The molecule has 1 N–H and O–H groups in total. The van der Waals surface area contributed by atoms with Gasteiger partial charge in [-0.15, -0.1) is 0 Å². The zero-order valence-electron chi connectivity index (χ0n) is 14.1. The van der Waals surface area contributed by atoms with E-state index >= 15 is 0 Å². The predicted octanol–water partition coefficient (Wildman–Crippen LogP) is 4.66. The molecule has 0 aliphatic heterocycles. The van der Waals surface area contributed by atoms with Crippen molar-refractivity contribution in [3.05, 3.63) is 89.0 Å². The number of nitrogens with one attached hydrogen (secondary N) is 1. The molecular weight excluding hydrogens is 310 g/mol. The Kier molecular flexibility index (Phi) is 3.98. The molecule has 0 fully saturated rings. The Morgan fingerprint density at radius 1 is 0.960 bits per heavy atom. The maximum absolute atomic E-state index is 11.5. The molecule has 0 amide bonds. The third-order valence-corrected chi connectivity index (χ3v) is 4.66. The van der Waals surface area contributed by atoms with E-state index in [1.54, 1.807) is 12.1 Å². The van der Waals surface area contributed by atoms with Crippen LogP contribution in [0, 0.1) is 0 Å². The highest BCUT2D eigenvalue weighted by Crippen LogP contribution is 2.36. The molecule has 3 heteroatoms. The lowest BCUT2D eigenvalue weighted by Gasteiger charge is -2.09.